The molecule has 11 heteroatoms. The summed E-state index contributed by atoms with van der Waals surface area (Å²) in [6.45, 7) is 0. The Morgan fingerprint density at radius 1 is 1.50 bits per heavy atom. The fourth-order valence-electron chi connectivity index (χ4n) is 1.19. The van der Waals surface area contributed by atoms with E-state index in [1.807, 2.05) is 0 Å². The number of imidazole rings is 1. The zero-order valence-corrected chi connectivity index (χ0v) is 9.64. The van der Waals surface area contributed by atoms with Gasteiger partial charge in [-0.05, 0) is 0 Å². The van der Waals surface area contributed by atoms with Crippen molar-refractivity contribution in [3.05, 3.63) is 24.3 Å². The number of aromatic amines is 2. The lowest BCUT2D eigenvalue weighted by Crippen LogP contribution is -2.19. The van der Waals surface area contributed by atoms with Crippen LogP contribution in [0.4, 0.5) is 5.82 Å². The van der Waals surface area contributed by atoms with E-state index in [4.69, 9.17) is 10.9 Å². The molecule has 10 nitrogen and oxygen atoms in total. The average Bonchev–Trinajstić information content (AvgIpc) is 2.97. The number of rotatable bonds is 4. The average molecular weight is 271 g/mol. The Bertz CT molecular complexity index is 657. The van der Waals surface area contributed by atoms with Gasteiger partial charge in [-0.15, -0.1) is 0 Å². The van der Waals surface area contributed by atoms with Gasteiger partial charge < -0.3 is 15.9 Å². The largest absolute Gasteiger partial charge is 0.409 e. The van der Waals surface area contributed by atoms with E-state index < -0.39 is 10.0 Å². The summed E-state index contributed by atoms with van der Waals surface area (Å²) in [5.74, 6) is -0.286. The van der Waals surface area contributed by atoms with Crippen molar-refractivity contribution >= 4 is 21.7 Å². The van der Waals surface area contributed by atoms with Crippen molar-refractivity contribution in [3.63, 3.8) is 0 Å². The summed E-state index contributed by atoms with van der Waals surface area (Å²) >= 11 is 0. The molecule has 0 bridgehead atoms. The van der Waals surface area contributed by atoms with Crippen molar-refractivity contribution in [3.8, 4) is 0 Å². The summed E-state index contributed by atoms with van der Waals surface area (Å²) in [6.07, 6.45) is 3.59. The number of oxime groups is 1. The van der Waals surface area contributed by atoms with Crippen molar-refractivity contribution in [2.45, 2.75) is 5.03 Å². The number of sulfonamides is 1. The van der Waals surface area contributed by atoms with Gasteiger partial charge in [0.2, 0.25) is 0 Å². The van der Waals surface area contributed by atoms with Gasteiger partial charge in [-0.2, -0.15) is 13.5 Å². The first-order valence-corrected chi connectivity index (χ1v) is 6.05. The highest BCUT2D eigenvalue weighted by molar-refractivity contribution is 7.92. The summed E-state index contributed by atoms with van der Waals surface area (Å²) in [7, 11) is -3.84. The number of aromatic nitrogens is 4. The first-order chi connectivity index (χ1) is 8.54. The van der Waals surface area contributed by atoms with Crippen molar-refractivity contribution in [2.24, 2.45) is 10.9 Å². The molecule has 96 valence electrons. The van der Waals surface area contributed by atoms with Crippen LogP contribution in [0.3, 0.4) is 0 Å². The fourth-order valence-corrected chi connectivity index (χ4v) is 2.13. The molecule has 0 saturated heterocycles. The first-order valence-electron chi connectivity index (χ1n) is 4.57. The summed E-state index contributed by atoms with van der Waals surface area (Å²) in [5.41, 5.74) is 5.49. The van der Waals surface area contributed by atoms with E-state index in [-0.39, 0.29) is 22.2 Å². The molecule has 0 radical (unpaired) electrons. The van der Waals surface area contributed by atoms with E-state index in [1.165, 1.54) is 12.5 Å². The number of hydrogen-bond donors (Lipinski definition) is 5. The molecule has 0 aliphatic carbocycles. The van der Waals surface area contributed by atoms with Gasteiger partial charge in [0.1, 0.15) is 5.82 Å². The van der Waals surface area contributed by atoms with Crippen LogP contribution in [-0.4, -0.2) is 39.6 Å². The van der Waals surface area contributed by atoms with E-state index in [0.717, 1.165) is 6.20 Å². The highest BCUT2D eigenvalue weighted by atomic mass is 32.2. The van der Waals surface area contributed by atoms with E-state index in [0.29, 0.717) is 0 Å². The van der Waals surface area contributed by atoms with Gasteiger partial charge in [0.05, 0.1) is 24.3 Å². The maximum atomic E-state index is 11.9. The van der Waals surface area contributed by atoms with Gasteiger partial charge in [0.25, 0.3) is 10.0 Å². The molecule has 6 N–H and O–H groups in total. The summed E-state index contributed by atoms with van der Waals surface area (Å²) < 4.78 is 25.9. The normalized spacial score (nSPS) is 12.6. The lowest BCUT2D eigenvalue weighted by molar-refractivity contribution is 0.318. The number of nitrogens with zero attached hydrogens (tertiary/aromatic N) is 3. The smallest absolute Gasteiger partial charge is 0.280 e. The number of amidine groups is 1. The Labute approximate surface area is 101 Å². The SMILES string of the molecule is NC(=NO)c1cn[nH]c1NS(=O)(=O)c1cnc[nH]1. The number of hydrogen-bond acceptors (Lipinski definition) is 6. The predicted molar refractivity (Wildman–Crippen MR) is 60.5 cm³/mol. The second kappa shape index (κ2) is 4.37. The molecule has 2 rings (SSSR count). The van der Waals surface area contributed by atoms with E-state index in [2.05, 4.69) is 30.0 Å². The molecular formula is C7H9N7O3S. The van der Waals surface area contributed by atoms with Crippen LogP contribution in [0.15, 0.2) is 28.9 Å². The second-order valence-corrected chi connectivity index (χ2v) is 4.82. The summed E-state index contributed by atoms with van der Waals surface area (Å²) in [5, 5.41) is 17.2. The molecule has 0 spiro atoms. The lowest BCUT2D eigenvalue weighted by Gasteiger charge is -2.05. The van der Waals surface area contributed by atoms with Crippen LogP contribution >= 0.6 is 0 Å². The summed E-state index contributed by atoms with van der Waals surface area (Å²) in [6, 6.07) is 0. The highest BCUT2D eigenvalue weighted by Gasteiger charge is 2.19. The van der Waals surface area contributed by atoms with E-state index >= 15 is 0 Å². The van der Waals surface area contributed by atoms with Crippen LogP contribution in [0.2, 0.25) is 0 Å². The molecule has 0 fully saturated rings. The Morgan fingerprint density at radius 3 is 2.89 bits per heavy atom. The topological polar surface area (TPSA) is 162 Å². The van der Waals surface area contributed by atoms with Gasteiger partial charge >= 0.3 is 0 Å². The highest BCUT2D eigenvalue weighted by Crippen LogP contribution is 2.15. The molecule has 0 aromatic carbocycles. The maximum Gasteiger partial charge on any atom is 0.280 e. The van der Waals surface area contributed by atoms with Crippen molar-refractivity contribution in [1.29, 1.82) is 0 Å². The molecule has 18 heavy (non-hydrogen) atoms. The molecule has 0 aliphatic heterocycles. The molecule has 0 atom stereocenters. The third-order valence-electron chi connectivity index (χ3n) is 2.02. The van der Waals surface area contributed by atoms with Gasteiger partial charge in [0, 0.05) is 0 Å². The zero-order valence-electron chi connectivity index (χ0n) is 8.82. The van der Waals surface area contributed by atoms with Gasteiger partial charge in [-0.25, -0.2) is 4.98 Å². The molecule has 0 aliphatic rings. The predicted octanol–water partition coefficient (Wildman–Crippen LogP) is -0.972. The van der Waals surface area contributed by atoms with Gasteiger partial charge in [-0.3, -0.25) is 9.82 Å². The molecule has 0 amide bonds. The van der Waals surface area contributed by atoms with Crippen molar-refractivity contribution in [2.75, 3.05) is 4.72 Å². The Morgan fingerprint density at radius 2 is 2.28 bits per heavy atom. The van der Waals surface area contributed by atoms with Crippen LogP contribution < -0.4 is 10.5 Å². The van der Waals surface area contributed by atoms with Crippen LogP contribution in [0.25, 0.3) is 0 Å². The number of nitrogens with one attached hydrogen (secondary N) is 3. The molecule has 2 aromatic rings. The molecule has 0 unspecified atom stereocenters. The van der Waals surface area contributed by atoms with Crippen LogP contribution in [0.1, 0.15) is 5.56 Å². The Kier molecular flexibility index (Phi) is 2.89. The van der Waals surface area contributed by atoms with Crippen LogP contribution in [0.5, 0.6) is 0 Å². The Hall–Kier alpha value is -2.56. The quantitative estimate of drug-likeness (QED) is 0.208. The molecular weight excluding hydrogens is 262 g/mol. The zero-order chi connectivity index (χ0) is 13.2. The Balaban J connectivity index is 2.34. The minimum absolute atomic E-state index is 0.0140. The second-order valence-electron chi connectivity index (χ2n) is 3.17. The van der Waals surface area contributed by atoms with E-state index in [9.17, 15) is 8.42 Å². The maximum absolute atomic E-state index is 11.9. The van der Waals surface area contributed by atoms with Crippen LogP contribution in [-0.2, 0) is 10.0 Å². The standard InChI is InChI=1S/C7H9N7O3S/c8-6(13-15)4-1-11-12-7(4)14-18(16,17)5-2-9-3-10-5/h1-3,15H,(H2,8,13)(H,9,10)(H2,11,12,14). The molecule has 2 heterocycles. The van der Waals surface area contributed by atoms with Gasteiger partial charge in [-0.1, -0.05) is 5.16 Å². The monoisotopic (exact) mass is 271 g/mol. The first kappa shape index (κ1) is 11.9. The number of anilines is 1. The fraction of sp³-hybridized carbons (Fsp3) is 0. The van der Waals surface area contributed by atoms with E-state index in [1.54, 1.807) is 0 Å². The van der Waals surface area contributed by atoms with Crippen molar-refractivity contribution < 1.29 is 13.6 Å². The minimum Gasteiger partial charge on any atom is -0.409 e. The number of H-pyrrole nitrogens is 2. The molecule has 0 saturated carbocycles. The molecule has 2 aromatic heterocycles. The van der Waals surface area contributed by atoms with Gasteiger partial charge in [0.15, 0.2) is 10.9 Å². The summed E-state index contributed by atoms with van der Waals surface area (Å²) in [4.78, 5) is 6.05. The lowest BCUT2D eigenvalue weighted by atomic mass is 10.3. The minimum atomic E-state index is -3.84. The third-order valence-corrected chi connectivity index (χ3v) is 3.30. The third kappa shape index (κ3) is 2.10. The van der Waals surface area contributed by atoms with Crippen molar-refractivity contribution in [1.82, 2.24) is 20.2 Å². The van der Waals surface area contributed by atoms with Crippen LogP contribution in [0, 0.1) is 0 Å². The number of nitrogens with two attached hydrogens (primary N) is 1.